The van der Waals surface area contributed by atoms with Crippen molar-refractivity contribution < 1.29 is 19.1 Å². The Kier molecular flexibility index (Phi) is 8.04. The summed E-state index contributed by atoms with van der Waals surface area (Å²) in [6, 6.07) is 9.47. The molecule has 0 radical (unpaired) electrons. The van der Waals surface area contributed by atoms with Crippen LogP contribution in [-0.2, 0) is 9.59 Å². The number of hydrogen-bond donors (Lipinski definition) is 1. The Balaban J connectivity index is 2.01. The summed E-state index contributed by atoms with van der Waals surface area (Å²) in [7, 11) is 3.18. The third kappa shape index (κ3) is 6.11. The van der Waals surface area contributed by atoms with Crippen molar-refractivity contribution in [3.05, 3.63) is 58.7 Å². The summed E-state index contributed by atoms with van der Waals surface area (Å²) in [6.07, 6.45) is 3.13. The second kappa shape index (κ2) is 10.5. The van der Waals surface area contributed by atoms with E-state index in [0.29, 0.717) is 18.1 Å². The Bertz CT molecular complexity index is 927. The molecule has 0 fully saturated rings. The molecule has 160 valence electrons. The number of methoxy groups -OCH3 is 1. The van der Waals surface area contributed by atoms with Gasteiger partial charge in [0.1, 0.15) is 0 Å². The summed E-state index contributed by atoms with van der Waals surface area (Å²) >= 11 is 0. The lowest BCUT2D eigenvalue weighted by Crippen LogP contribution is -2.34. The van der Waals surface area contributed by atoms with E-state index in [-0.39, 0.29) is 18.4 Å². The maximum atomic E-state index is 12.4. The molecule has 30 heavy (non-hydrogen) atoms. The van der Waals surface area contributed by atoms with Gasteiger partial charge in [0.2, 0.25) is 11.8 Å². The van der Waals surface area contributed by atoms with E-state index in [2.05, 4.69) is 5.32 Å². The van der Waals surface area contributed by atoms with Gasteiger partial charge in [-0.15, -0.1) is 0 Å². The smallest absolute Gasteiger partial charge is 0.246 e. The lowest BCUT2D eigenvalue weighted by Gasteiger charge is -2.17. The van der Waals surface area contributed by atoms with Crippen LogP contribution < -0.4 is 14.8 Å². The summed E-state index contributed by atoms with van der Waals surface area (Å²) in [5.74, 6) is 0.746. The highest BCUT2D eigenvalue weighted by Gasteiger charge is 2.13. The van der Waals surface area contributed by atoms with Crippen molar-refractivity contribution in [3.63, 3.8) is 0 Å². The standard InChI is InChI=1S/C24H30N2O4/c1-7-30-21-14-19(8-10-20(21)29-6)9-11-23(28)26(5)15-22(27)25-24-17(3)12-16(2)13-18(24)4/h8-14H,7,15H2,1-6H3,(H,25,27)/b11-9+. The van der Waals surface area contributed by atoms with Crippen LogP contribution in [0.1, 0.15) is 29.2 Å². The maximum absolute atomic E-state index is 12.4. The molecule has 0 aliphatic rings. The zero-order valence-corrected chi connectivity index (χ0v) is 18.5. The van der Waals surface area contributed by atoms with Crippen LogP contribution >= 0.6 is 0 Å². The maximum Gasteiger partial charge on any atom is 0.246 e. The third-order valence-electron chi connectivity index (χ3n) is 4.60. The lowest BCUT2D eigenvalue weighted by atomic mass is 10.1. The number of benzene rings is 2. The molecular formula is C24H30N2O4. The SMILES string of the molecule is CCOc1cc(/C=C/C(=O)N(C)CC(=O)Nc2c(C)cc(C)cc2C)ccc1OC. The molecule has 6 nitrogen and oxygen atoms in total. The molecule has 0 aliphatic carbocycles. The van der Waals surface area contributed by atoms with E-state index in [1.807, 2.05) is 52.0 Å². The van der Waals surface area contributed by atoms with Crippen LogP contribution in [0.5, 0.6) is 11.5 Å². The molecular weight excluding hydrogens is 380 g/mol. The van der Waals surface area contributed by atoms with Gasteiger partial charge in [-0.1, -0.05) is 23.8 Å². The molecule has 0 unspecified atom stereocenters. The summed E-state index contributed by atoms with van der Waals surface area (Å²) in [6.45, 7) is 8.30. The van der Waals surface area contributed by atoms with Crippen LogP contribution in [0.15, 0.2) is 36.4 Å². The van der Waals surface area contributed by atoms with Crippen molar-refractivity contribution in [2.45, 2.75) is 27.7 Å². The molecule has 1 N–H and O–H groups in total. The number of hydrogen-bond acceptors (Lipinski definition) is 4. The molecule has 0 saturated heterocycles. The average molecular weight is 411 g/mol. The Morgan fingerprint density at radius 3 is 2.33 bits per heavy atom. The van der Waals surface area contributed by atoms with Crippen LogP contribution in [0.4, 0.5) is 5.69 Å². The number of carbonyl (C=O) groups excluding carboxylic acids is 2. The van der Waals surface area contributed by atoms with Gasteiger partial charge in [0, 0.05) is 18.8 Å². The molecule has 0 aromatic heterocycles. The summed E-state index contributed by atoms with van der Waals surface area (Å²) < 4.78 is 10.8. The first-order valence-corrected chi connectivity index (χ1v) is 9.86. The molecule has 0 aliphatic heterocycles. The molecule has 0 bridgehead atoms. The van der Waals surface area contributed by atoms with Gasteiger partial charge in [0.15, 0.2) is 11.5 Å². The largest absolute Gasteiger partial charge is 0.493 e. The highest BCUT2D eigenvalue weighted by atomic mass is 16.5. The molecule has 2 rings (SSSR count). The van der Waals surface area contributed by atoms with E-state index >= 15 is 0 Å². The first-order valence-electron chi connectivity index (χ1n) is 9.86. The fraction of sp³-hybridized carbons (Fsp3) is 0.333. The predicted molar refractivity (Wildman–Crippen MR) is 120 cm³/mol. The topological polar surface area (TPSA) is 67.9 Å². The van der Waals surface area contributed by atoms with Crippen molar-refractivity contribution in [2.24, 2.45) is 0 Å². The Hall–Kier alpha value is -3.28. The number of amides is 2. The zero-order chi connectivity index (χ0) is 22.3. The normalized spacial score (nSPS) is 10.7. The Morgan fingerprint density at radius 2 is 1.73 bits per heavy atom. The summed E-state index contributed by atoms with van der Waals surface area (Å²) in [5, 5.41) is 2.91. The van der Waals surface area contributed by atoms with Crippen molar-refractivity contribution in [2.75, 3.05) is 32.6 Å². The summed E-state index contributed by atoms with van der Waals surface area (Å²) in [4.78, 5) is 26.2. The molecule has 2 aromatic carbocycles. The van der Waals surface area contributed by atoms with Crippen LogP contribution in [0, 0.1) is 20.8 Å². The van der Waals surface area contributed by atoms with Crippen LogP contribution in [0.2, 0.25) is 0 Å². The molecule has 0 heterocycles. The highest BCUT2D eigenvalue weighted by Crippen LogP contribution is 2.28. The van der Waals surface area contributed by atoms with Crippen molar-refractivity contribution in [1.29, 1.82) is 0 Å². The molecule has 0 spiro atoms. The van der Waals surface area contributed by atoms with E-state index in [4.69, 9.17) is 9.47 Å². The lowest BCUT2D eigenvalue weighted by molar-refractivity contribution is -0.129. The molecule has 0 atom stereocenters. The van der Waals surface area contributed by atoms with Gasteiger partial charge < -0.3 is 19.7 Å². The molecule has 6 heteroatoms. The first kappa shape index (κ1) is 23.0. The number of anilines is 1. The van der Waals surface area contributed by atoms with Gasteiger partial charge in [-0.2, -0.15) is 0 Å². The number of likely N-dealkylation sites (N-methyl/N-ethyl adjacent to an activating group) is 1. The first-order chi connectivity index (χ1) is 14.2. The van der Waals surface area contributed by atoms with Crippen LogP contribution in [-0.4, -0.2) is 44.0 Å². The predicted octanol–water partition coefficient (Wildman–Crippen LogP) is 4.13. The quantitative estimate of drug-likeness (QED) is 0.665. The van der Waals surface area contributed by atoms with Gasteiger partial charge in [0.05, 0.1) is 20.3 Å². The zero-order valence-electron chi connectivity index (χ0n) is 18.5. The van der Waals surface area contributed by atoms with Crippen molar-refractivity contribution in [3.8, 4) is 11.5 Å². The Labute approximate surface area is 178 Å². The summed E-state index contributed by atoms with van der Waals surface area (Å²) in [5.41, 5.74) is 4.74. The van der Waals surface area contributed by atoms with Gasteiger partial charge in [-0.25, -0.2) is 0 Å². The minimum absolute atomic E-state index is 0.0390. The van der Waals surface area contributed by atoms with E-state index in [9.17, 15) is 9.59 Å². The van der Waals surface area contributed by atoms with E-state index in [0.717, 1.165) is 27.9 Å². The van der Waals surface area contributed by atoms with Gasteiger partial charge in [-0.05, 0) is 62.6 Å². The van der Waals surface area contributed by atoms with Gasteiger partial charge >= 0.3 is 0 Å². The number of nitrogens with zero attached hydrogens (tertiary/aromatic N) is 1. The van der Waals surface area contributed by atoms with E-state index < -0.39 is 0 Å². The molecule has 2 amide bonds. The van der Waals surface area contributed by atoms with E-state index in [1.54, 1.807) is 26.3 Å². The second-order valence-electron chi connectivity index (χ2n) is 7.19. The number of aryl methyl sites for hydroxylation is 3. The van der Waals surface area contributed by atoms with Crippen LogP contribution in [0.25, 0.3) is 6.08 Å². The fourth-order valence-corrected chi connectivity index (χ4v) is 3.21. The van der Waals surface area contributed by atoms with E-state index in [1.165, 1.54) is 11.0 Å². The fourth-order valence-electron chi connectivity index (χ4n) is 3.21. The van der Waals surface area contributed by atoms with Crippen molar-refractivity contribution in [1.82, 2.24) is 4.90 Å². The molecule has 0 saturated carbocycles. The highest BCUT2D eigenvalue weighted by molar-refractivity contribution is 5.98. The number of carbonyl (C=O) groups is 2. The third-order valence-corrected chi connectivity index (χ3v) is 4.60. The Morgan fingerprint density at radius 1 is 1.07 bits per heavy atom. The van der Waals surface area contributed by atoms with Crippen molar-refractivity contribution >= 4 is 23.6 Å². The number of nitrogens with one attached hydrogen (secondary N) is 1. The number of ether oxygens (including phenoxy) is 2. The monoisotopic (exact) mass is 410 g/mol. The van der Waals surface area contributed by atoms with Crippen LogP contribution in [0.3, 0.4) is 0 Å². The minimum atomic E-state index is -0.267. The average Bonchev–Trinajstić information content (AvgIpc) is 2.69. The number of rotatable bonds is 8. The second-order valence-corrected chi connectivity index (χ2v) is 7.19. The minimum Gasteiger partial charge on any atom is -0.493 e. The van der Waals surface area contributed by atoms with Gasteiger partial charge in [-0.3, -0.25) is 9.59 Å². The molecule has 2 aromatic rings. The van der Waals surface area contributed by atoms with Gasteiger partial charge in [0.25, 0.3) is 0 Å².